The molecule has 0 saturated carbocycles. The van der Waals surface area contributed by atoms with Gasteiger partial charge in [0.2, 0.25) is 0 Å². The van der Waals surface area contributed by atoms with Crippen LogP contribution in [0.4, 0.5) is 0 Å². The molecule has 0 unspecified atom stereocenters. The molecule has 0 aromatic heterocycles. The standard InChI is InChI=1S/C15H14.CH4/c1-15(2)13-9-5-3-7-11(13)12-8-4-6-10-14(12)15;/h3-10H,1-2H3;1H4. The Kier molecular flexibility index (Phi) is 2.38. The van der Waals surface area contributed by atoms with Gasteiger partial charge in [-0.25, -0.2) is 0 Å². The molecule has 0 aliphatic heterocycles. The first kappa shape index (κ1) is 10.9. The van der Waals surface area contributed by atoms with Crippen LogP contribution in [0.3, 0.4) is 0 Å². The molecule has 0 atom stereocenters. The van der Waals surface area contributed by atoms with Crippen LogP contribution in [0.2, 0.25) is 0 Å². The van der Waals surface area contributed by atoms with Gasteiger partial charge in [0, 0.05) is 5.41 Å². The smallest absolute Gasteiger partial charge is 0.0158 e. The number of rotatable bonds is 0. The molecule has 0 radical (unpaired) electrons. The van der Waals surface area contributed by atoms with Crippen LogP contribution in [-0.4, -0.2) is 0 Å². The molecular weight excluding hydrogens is 192 g/mol. The predicted octanol–water partition coefficient (Wildman–Crippen LogP) is 4.63. The van der Waals surface area contributed by atoms with Crippen molar-refractivity contribution < 1.29 is 0 Å². The van der Waals surface area contributed by atoms with Crippen LogP contribution in [0.5, 0.6) is 0 Å². The Morgan fingerprint density at radius 2 is 1.06 bits per heavy atom. The van der Waals surface area contributed by atoms with E-state index >= 15 is 0 Å². The lowest BCUT2D eigenvalue weighted by molar-refractivity contribution is 0.660. The van der Waals surface area contributed by atoms with Gasteiger partial charge in [-0.15, -0.1) is 0 Å². The summed E-state index contributed by atoms with van der Waals surface area (Å²) in [6.07, 6.45) is 0. The Labute approximate surface area is 97.9 Å². The van der Waals surface area contributed by atoms with Crippen LogP contribution in [0.15, 0.2) is 48.5 Å². The molecule has 1 aliphatic carbocycles. The molecule has 2 aromatic rings. The summed E-state index contributed by atoms with van der Waals surface area (Å²) < 4.78 is 0. The largest absolute Gasteiger partial charge is 0.0776 e. The van der Waals surface area contributed by atoms with E-state index in [0.29, 0.717) is 0 Å². The van der Waals surface area contributed by atoms with E-state index in [4.69, 9.17) is 0 Å². The van der Waals surface area contributed by atoms with E-state index < -0.39 is 0 Å². The summed E-state index contributed by atoms with van der Waals surface area (Å²) >= 11 is 0. The fourth-order valence-corrected chi connectivity index (χ4v) is 2.67. The molecule has 0 bridgehead atoms. The molecule has 0 heterocycles. The summed E-state index contributed by atoms with van der Waals surface area (Å²) in [5.41, 5.74) is 5.86. The zero-order valence-corrected chi connectivity index (χ0v) is 9.12. The first-order valence-corrected chi connectivity index (χ1v) is 5.40. The van der Waals surface area contributed by atoms with Crippen molar-refractivity contribution in [3.05, 3.63) is 59.7 Å². The Hall–Kier alpha value is -1.56. The molecule has 0 N–H and O–H groups in total. The lowest BCUT2D eigenvalue weighted by Crippen LogP contribution is -2.14. The van der Waals surface area contributed by atoms with Crippen LogP contribution in [0, 0.1) is 0 Å². The van der Waals surface area contributed by atoms with Crippen molar-refractivity contribution in [2.45, 2.75) is 26.7 Å². The molecule has 0 spiro atoms. The maximum absolute atomic E-state index is 2.30. The summed E-state index contributed by atoms with van der Waals surface area (Å²) in [7, 11) is 0. The molecule has 0 nitrogen and oxygen atoms in total. The van der Waals surface area contributed by atoms with Crippen molar-refractivity contribution in [1.29, 1.82) is 0 Å². The second-order valence-corrected chi connectivity index (χ2v) is 4.72. The van der Waals surface area contributed by atoms with Crippen molar-refractivity contribution in [2.24, 2.45) is 0 Å². The average molecular weight is 210 g/mol. The molecule has 3 rings (SSSR count). The third-order valence-electron chi connectivity index (χ3n) is 3.49. The number of hydrogen-bond acceptors (Lipinski definition) is 0. The van der Waals surface area contributed by atoms with E-state index in [1.165, 1.54) is 22.3 Å². The van der Waals surface area contributed by atoms with Gasteiger partial charge in [-0.3, -0.25) is 0 Å². The zero-order chi connectivity index (χ0) is 10.5. The highest BCUT2D eigenvalue weighted by atomic mass is 14.4. The fourth-order valence-electron chi connectivity index (χ4n) is 2.67. The van der Waals surface area contributed by atoms with Crippen molar-refractivity contribution in [3.8, 4) is 11.1 Å². The molecule has 0 fully saturated rings. The van der Waals surface area contributed by atoms with Crippen molar-refractivity contribution >= 4 is 0 Å². The first-order chi connectivity index (χ1) is 7.21. The van der Waals surface area contributed by atoms with Crippen molar-refractivity contribution in [1.82, 2.24) is 0 Å². The van der Waals surface area contributed by atoms with Gasteiger partial charge in [0.05, 0.1) is 0 Å². The highest BCUT2D eigenvalue weighted by Gasteiger charge is 2.34. The van der Waals surface area contributed by atoms with E-state index in [9.17, 15) is 0 Å². The SMILES string of the molecule is C.CC1(C)c2ccccc2-c2ccccc21. The lowest BCUT2D eigenvalue weighted by atomic mass is 9.82. The van der Waals surface area contributed by atoms with E-state index in [-0.39, 0.29) is 12.8 Å². The van der Waals surface area contributed by atoms with E-state index in [1.54, 1.807) is 0 Å². The van der Waals surface area contributed by atoms with Crippen LogP contribution in [-0.2, 0) is 5.41 Å². The van der Waals surface area contributed by atoms with Gasteiger partial charge < -0.3 is 0 Å². The number of hydrogen-bond donors (Lipinski definition) is 0. The predicted molar refractivity (Wildman–Crippen MR) is 70.7 cm³/mol. The second-order valence-electron chi connectivity index (χ2n) is 4.72. The number of benzene rings is 2. The first-order valence-electron chi connectivity index (χ1n) is 5.40. The maximum Gasteiger partial charge on any atom is 0.0158 e. The molecule has 16 heavy (non-hydrogen) atoms. The minimum atomic E-state index is 0. The third-order valence-corrected chi connectivity index (χ3v) is 3.49. The molecule has 2 aromatic carbocycles. The number of fused-ring (bicyclic) bond motifs is 3. The summed E-state index contributed by atoms with van der Waals surface area (Å²) in [6, 6.07) is 17.4. The van der Waals surface area contributed by atoms with E-state index in [2.05, 4.69) is 62.4 Å². The Morgan fingerprint density at radius 1 is 0.688 bits per heavy atom. The maximum atomic E-state index is 2.30. The topological polar surface area (TPSA) is 0 Å². The molecule has 0 heteroatoms. The summed E-state index contributed by atoms with van der Waals surface area (Å²) in [6.45, 7) is 4.61. The summed E-state index contributed by atoms with van der Waals surface area (Å²) in [4.78, 5) is 0. The highest BCUT2D eigenvalue weighted by Crippen LogP contribution is 2.47. The minimum Gasteiger partial charge on any atom is -0.0776 e. The van der Waals surface area contributed by atoms with Gasteiger partial charge in [0.1, 0.15) is 0 Å². The fraction of sp³-hybridized carbons (Fsp3) is 0.250. The lowest BCUT2D eigenvalue weighted by Gasteiger charge is -2.20. The molecule has 0 amide bonds. The van der Waals surface area contributed by atoms with Gasteiger partial charge in [0.25, 0.3) is 0 Å². The van der Waals surface area contributed by atoms with E-state index in [1.807, 2.05) is 0 Å². The zero-order valence-electron chi connectivity index (χ0n) is 9.12. The Morgan fingerprint density at radius 3 is 1.50 bits per heavy atom. The normalized spacial score (nSPS) is 14.9. The van der Waals surface area contributed by atoms with Crippen LogP contribution < -0.4 is 0 Å². The third kappa shape index (κ3) is 1.23. The van der Waals surface area contributed by atoms with Crippen molar-refractivity contribution in [2.75, 3.05) is 0 Å². The summed E-state index contributed by atoms with van der Waals surface area (Å²) in [5, 5.41) is 0. The van der Waals surface area contributed by atoms with Crippen molar-refractivity contribution in [3.63, 3.8) is 0 Å². The van der Waals surface area contributed by atoms with E-state index in [0.717, 1.165) is 0 Å². The van der Waals surface area contributed by atoms with Crippen LogP contribution in [0.25, 0.3) is 11.1 Å². The second kappa shape index (κ2) is 3.48. The quantitative estimate of drug-likeness (QED) is 0.594. The van der Waals surface area contributed by atoms with Gasteiger partial charge in [-0.2, -0.15) is 0 Å². The Balaban J connectivity index is 0.000000963. The van der Waals surface area contributed by atoms with Gasteiger partial charge in [0.15, 0.2) is 0 Å². The molecular formula is C16H18. The van der Waals surface area contributed by atoms with Gasteiger partial charge in [-0.05, 0) is 22.3 Å². The van der Waals surface area contributed by atoms with Gasteiger partial charge in [-0.1, -0.05) is 69.8 Å². The van der Waals surface area contributed by atoms with Gasteiger partial charge >= 0.3 is 0 Å². The highest BCUT2D eigenvalue weighted by molar-refractivity contribution is 5.80. The summed E-state index contributed by atoms with van der Waals surface area (Å²) in [5.74, 6) is 0. The Bertz CT molecular complexity index is 474. The van der Waals surface area contributed by atoms with Crippen LogP contribution in [0.1, 0.15) is 32.4 Å². The monoisotopic (exact) mass is 210 g/mol. The molecule has 82 valence electrons. The minimum absolute atomic E-state index is 0. The molecule has 0 saturated heterocycles. The molecule has 1 aliphatic rings. The average Bonchev–Trinajstić information content (AvgIpc) is 2.51. The van der Waals surface area contributed by atoms with Crippen LogP contribution >= 0.6 is 0 Å².